The summed E-state index contributed by atoms with van der Waals surface area (Å²) >= 11 is 0. The van der Waals surface area contributed by atoms with Gasteiger partial charge in [0.2, 0.25) is 5.91 Å². The summed E-state index contributed by atoms with van der Waals surface area (Å²) < 4.78 is 0. The molecule has 0 saturated carbocycles. The lowest BCUT2D eigenvalue weighted by atomic mass is 10.1. The maximum atomic E-state index is 11.1. The number of carbonyl (C=O) groups is 1. The molecule has 3 nitrogen and oxygen atoms in total. The number of hydrogen-bond donors (Lipinski definition) is 2. The highest BCUT2D eigenvalue weighted by Gasteiger charge is 2.14. The van der Waals surface area contributed by atoms with Crippen molar-refractivity contribution in [2.75, 3.05) is 19.6 Å². The van der Waals surface area contributed by atoms with Gasteiger partial charge < -0.3 is 10.6 Å². The molecule has 0 aromatic heterocycles. The average Bonchev–Trinajstić information content (AvgIpc) is 2.64. The van der Waals surface area contributed by atoms with Gasteiger partial charge in [-0.05, 0) is 25.4 Å². The third-order valence-electron chi connectivity index (χ3n) is 2.25. The molecule has 1 heterocycles. The molecule has 72 valence electrons. The van der Waals surface area contributed by atoms with Gasteiger partial charge in [0, 0.05) is 19.4 Å². The largest absolute Gasteiger partial charge is 0.356 e. The van der Waals surface area contributed by atoms with Crippen LogP contribution in [-0.2, 0) is 4.79 Å². The van der Waals surface area contributed by atoms with E-state index in [1.165, 1.54) is 0 Å². The Bertz CT molecular complexity index is 201. The molecule has 1 amide bonds. The van der Waals surface area contributed by atoms with Crippen molar-refractivity contribution >= 4 is 5.91 Å². The summed E-state index contributed by atoms with van der Waals surface area (Å²) in [5.74, 6) is 3.13. The summed E-state index contributed by atoms with van der Waals surface area (Å²) in [5.41, 5.74) is 0. The molecule has 0 aromatic carbocycles. The molecule has 1 rings (SSSR count). The lowest BCUT2D eigenvalue weighted by Gasteiger charge is -2.08. The molecular weight excluding hydrogens is 164 g/mol. The van der Waals surface area contributed by atoms with E-state index < -0.39 is 0 Å². The molecule has 0 aliphatic carbocycles. The summed E-state index contributed by atoms with van der Waals surface area (Å²) in [4.78, 5) is 11.1. The Morgan fingerprint density at radius 2 is 2.54 bits per heavy atom. The van der Waals surface area contributed by atoms with E-state index in [1.807, 2.05) is 0 Å². The van der Waals surface area contributed by atoms with Crippen LogP contribution in [0.2, 0.25) is 0 Å². The van der Waals surface area contributed by atoms with Gasteiger partial charge in [-0.1, -0.05) is 0 Å². The van der Waals surface area contributed by atoms with E-state index >= 15 is 0 Å². The third kappa shape index (κ3) is 3.95. The summed E-state index contributed by atoms with van der Waals surface area (Å²) in [6, 6.07) is 0. The minimum Gasteiger partial charge on any atom is -0.356 e. The van der Waals surface area contributed by atoms with Gasteiger partial charge in [0.15, 0.2) is 0 Å². The third-order valence-corrected chi connectivity index (χ3v) is 2.25. The van der Waals surface area contributed by atoms with Crippen LogP contribution in [0.5, 0.6) is 0 Å². The molecule has 13 heavy (non-hydrogen) atoms. The van der Waals surface area contributed by atoms with Crippen LogP contribution in [0.3, 0.4) is 0 Å². The van der Waals surface area contributed by atoms with Crippen molar-refractivity contribution in [2.24, 2.45) is 5.92 Å². The highest BCUT2D eigenvalue weighted by atomic mass is 16.1. The second-order valence-electron chi connectivity index (χ2n) is 3.37. The summed E-state index contributed by atoms with van der Waals surface area (Å²) in [7, 11) is 0. The van der Waals surface area contributed by atoms with Gasteiger partial charge in [0.05, 0.1) is 0 Å². The topological polar surface area (TPSA) is 41.1 Å². The van der Waals surface area contributed by atoms with Crippen molar-refractivity contribution < 1.29 is 4.79 Å². The Kier molecular flexibility index (Phi) is 4.34. The van der Waals surface area contributed by atoms with Gasteiger partial charge in [-0.15, -0.1) is 12.3 Å². The highest BCUT2D eigenvalue weighted by Crippen LogP contribution is 2.05. The van der Waals surface area contributed by atoms with E-state index in [2.05, 4.69) is 16.6 Å². The van der Waals surface area contributed by atoms with E-state index in [-0.39, 0.29) is 5.91 Å². The SMILES string of the molecule is C#CCCC(=O)NCC1CCNC1. The fourth-order valence-electron chi connectivity index (χ4n) is 1.42. The minimum absolute atomic E-state index is 0.0739. The molecule has 0 radical (unpaired) electrons. The number of terminal acetylenes is 1. The summed E-state index contributed by atoms with van der Waals surface area (Å²) in [5, 5.41) is 6.14. The van der Waals surface area contributed by atoms with Gasteiger partial charge in [0.25, 0.3) is 0 Å². The molecule has 0 bridgehead atoms. The summed E-state index contributed by atoms with van der Waals surface area (Å²) in [6.07, 6.45) is 7.21. The first-order valence-corrected chi connectivity index (χ1v) is 4.74. The monoisotopic (exact) mass is 180 g/mol. The number of nitrogens with one attached hydrogen (secondary N) is 2. The molecule has 2 N–H and O–H groups in total. The number of hydrogen-bond acceptors (Lipinski definition) is 2. The van der Waals surface area contributed by atoms with Gasteiger partial charge in [-0.3, -0.25) is 4.79 Å². The van der Waals surface area contributed by atoms with Crippen LogP contribution in [0.25, 0.3) is 0 Å². The molecule has 1 saturated heterocycles. The predicted molar refractivity (Wildman–Crippen MR) is 52.1 cm³/mol. The van der Waals surface area contributed by atoms with E-state index in [4.69, 9.17) is 6.42 Å². The van der Waals surface area contributed by atoms with Gasteiger partial charge in [-0.25, -0.2) is 0 Å². The van der Waals surface area contributed by atoms with Crippen molar-refractivity contribution in [3.63, 3.8) is 0 Å². The number of amides is 1. The van der Waals surface area contributed by atoms with E-state index in [1.54, 1.807) is 0 Å². The molecule has 1 atom stereocenters. The average molecular weight is 180 g/mol. The fraction of sp³-hybridized carbons (Fsp3) is 0.700. The lowest BCUT2D eigenvalue weighted by molar-refractivity contribution is -0.121. The van der Waals surface area contributed by atoms with Crippen LogP contribution in [0, 0.1) is 18.3 Å². The van der Waals surface area contributed by atoms with Crippen molar-refractivity contribution in [1.29, 1.82) is 0 Å². The van der Waals surface area contributed by atoms with Crippen molar-refractivity contribution in [3.8, 4) is 12.3 Å². The molecule has 1 aliphatic rings. The smallest absolute Gasteiger partial charge is 0.220 e. The Hall–Kier alpha value is -1.01. The van der Waals surface area contributed by atoms with Crippen LogP contribution in [-0.4, -0.2) is 25.5 Å². The standard InChI is InChI=1S/C10H16N2O/c1-2-3-4-10(13)12-8-9-5-6-11-7-9/h1,9,11H,3-8H2,(H,12,13). The first-order valence-electron chi connectivity index (χ1n) is 4.74. The normalized spacial score (nSPS) is 21.0. The Morgan fingerprint density at radius 3 is 3.15 bits per heavy atom. The van der Waals surface area contributed by atoms with Crippen LogP contribution in [0.4, 0.5) is 0 Å². The zero-order chi connectivity index (χ0) is 9.52. The van der Waals surface area contributed by atoms with Gasteiger partial charge >= 0.3 is 0 Å². The minimum atomic E-state index is 0.0739. The van der Waals surface area contributed by atoms with Crippen molar-refractivity contribution in [1.82, 2.24) is 10.6 Å². The maximum absolute atomic E-state index is 11.1. The van der Waals surface area contributed by atoms with Crippen LogP contribution in [0.1, 0.15) is 19.3 Å². The molecule has 1 unspecified atom stereocenters. The maximum Gasteiger partial charge on any atom is 0.220 e. The Labute approximate surface area is 79.3 Å². The van der Waals surface area contributed by atoms with E-state index in [9.17, 15) is 4.79 Å². The van der Waals surface area contributed by atoms with Gasteiger partial charge in [-0.2, -0.15) is 0 Å². The zero-order valence-electron chi connectivity index (χ0n) is 7.81. The van der Waals surface area contributed by atoms with Gasteiger partial charge in [0.1, 0.15) is 0 Å². The van der Waals surface area contributed by atoms with Crippen LogP contribution < -0.4 is 10.6 Å². The first kappa shape index (κ1) is 10.1. The molecule has 0 aromatic rings. The lowest BCUT2D eigenvalue weighted by Crippen LogP contribution is -2.29. The zero-order valence-corrected chi connectivity index (χ0v) is 7.81. The number of carbonyl (C=O) groups excluding carboxylic acids is 1. The quantitative estimate of drug-likeness (QED) is 0.604. The second-order valence-corrected chi connectivity index (χ2v) is 3.37. The van der Waals surface area contributed by atoms with Crippen molar-refractivity contribution in [2.45, 2.75) is 19.3 Å². The molecule has 1 fully saturated rings. The summed E-state index contributed by atoms with van der Waals surface area (Å²) in [6.45, 7) is 2.89. The van der Waals surface area contributed by atoms with E-state index in [0.717, 1.165) is 26.1 Å². The Balaban J connectivity index is 2.04. The van der Waals surface area contributed by atoms with Crippen molar-refractivity contribution in [3.05, 3.63) is 0 Å². The molecular formula is C10H16N2O. The van der Waals surface area contributed by atoms with Crippen LogP contribution >= 0.6 is 0 Å². The Morgan fingerprint density at radius 1 is 1.69 bits per heavy atom. The molecule has 3 heteroatoms. The molecule has 1 aliphatic heterocycles. The molecule has 0 spiro atoms. The number of rotatable bonds is 4. The first-order chi connectivity index (χ1) is 6.33. The second kappa shape index (κ2) is 5.60. The van der Waals surface area contributed by atoms with E-state index in [0.29, 0.717) is 18.8 Å². The highest BCUT2D eigenvalue weighted by molar-refractivity contribution is 5.76. The van der Waals surface area contributed by atoms with Crippen LogP contribution in [0.15, 0.2) is 0 Å². The fourth-order valence-corrected chi connectivity index (χ4v) is 1.42. The predicted octanol–water partition coefficient (Wildman–Crippen LogP) is 0.126.